The zero-order valence-corrected chi connectivity index (χ0v) is 11.3. The Balaban J connectivity index is 2.27. The van der Waals surface area contributed by atoms with Crippen molar-refractivity contribution >= 4 is 17.5 Å². The summed E-state index contributed by atoms with van der Waals surface area (Å²) in [5.41, 5.74) is 6.41. The highest BCUT2D eigenvalue weighted by Crippen LogP contribution is 2.19. The Bertz CT molecular complexity index is 589. The summed E-state index contributed by atoms with van der Waals surface area (Å²) in [6, 6.07) is 4.25. The second kappa shape index (κ2) is 5.93. The van der Waals surface area contributed by atoms with E-state index in [1.54, 1.807) is 6.07 Å². The third-order valence-electron chi connectivity index (χ3n) is 2.58. The van der Waals surface area contributed by atoms with Crippen LogP contribution in [0.25, 0.3) is 0 Å². The minimum absolute atomic E-state index is 0.201. The maximum Gasteiger partial charge on any atom is 0.223 e. The van der Waals surface area contributed by atoms with Crippen LogP contribution in [-0.2, 0) is 12.8 Å². The summed E-state index contributed by atoms with van der Waals surface area (Å²) in [6.45, 7) is 2.04. The van der Waals surface area contributed by atoms with Gasteiger partial charge in [-0.3, -0.25) is 0 Å². The summed E-state index contributed by atoms with van der Waals surface area (Å²) < 4.78 is 13.0. The maximum atomic E-state index is 13.0. The molecule has 0 atom stereocenters. The molecule has 0 bridgehead atoms. The van der Waals surface area contributed by atoms with Gasteiger partial charge in [-0.15, -0.1) is 0 Å². The topological polar surface area (TPSA) is 64.7 Å². The predicted octanol–water partition coefficient (Wildman–Crippen LogP) is 2.79. The van der Waals surface area contributed by atoms with Gasteiger partial charge in [0.15, 0.2) is 0 Å². The summed E-state index contributed by atoms with van der Waals surface area (Å²) in [4.78, 5) is 12.5. The van der Waals surface area contributed by atoms with Crippen LogP contribution in [-0.4, -0.2) is 15.0 Å². The quantitative estimate of drug-likeness (QED) is 0.935. The van der Waals surface area contributed by atoms with E-state index < -0.39 is 0 Å². The van der Waals surface area contributed by atoms with Crippen molar-refractivity contribution in [2.24, 2.45) is 0 Å². The van der Waals surface area contributed by atoms with Gasteiger partial charge in [-0.25, -0.2) is 9.37 Å². The number of nitrogens with zero attached hydrogens (tertiary/aromatic N) is 3. The molecule has 6 heteroatoms. The molecule has 0 fully saturated rings. The van der Waals surface area contributed by atoms with Crippen LogP contribution in [0.1, 0.15) is 30.6 Å². The van der Waals surface area contributed by atoms with Crippen LogP contribution in [0.3, 0.4) is 0 Å². The molecule has 0 saturated carbocycles. The van der Waals surface area contributed by atoms with Crippen molar-refractivity contribution in [2.45, 2.75) is 26.2 Å². The summed E-state index contributed by atoms with van der Waals surface area (Å²) in [5.74, 6) is 1.05. The molecule has 4 nitrogen and oxygen atoms in total. The fourth-order valence-corrected chi connectivity index (χ4v) is 1.97. The number of halogens is 2. The van der Waals surface area contributed by atoms with Gasteiger partial charge in [0.05, 0.1) is 0 Å². The van der Waals surface area contributed by atoms with E-state index in [1.165, 1.54) is 12.1 Å². The molecule has 0 amide bonds. The number of rotatable bonds is 4. The van der Waals surface area contributed by atoms with Gasteiger partial charge in [-0.05, 0) is 24.1 Å². The predicted molar refractivity (Wildman–Crippen MR) is 72.5 cm³/mol. The van der Waals surface area contributed by atoms with Gasteiger partial charge >= 0.3 is 0 Å². The third-order valence-corrected chi connectivity index (χ3v) is 2.93. The van der Waals surface area contributed by atoms with Gasteiger partial charge in [-0.1, -0.05) is 24.6 Å². The Kier molecular flexibility index (Phi) is 4.27. The lowest BCUT2D eigenvalue weighted by Crippen LogP contribution is -2.08. The summed E-state index contributed by atoms with van der Waals surface area (Å²) in [5, 5.41) is 0.357. The SMILES string of the molecule is CCCc1nc(N)nc(Cc2ccc(F)cc2Cl)n1. The Morgan fingerprint density at radius 3 is 2.63 bits per heavy atom. The van der Waals surface area contributed by atoms with Crippen LogP contribution in [0.2, 0.25) is 5.02 Å². The molecular formula is C13H14ClFN4. The zero-order chi connectivity index (χ0) is 13.8. The van der Waals surface area contributed by atoms with Crippen molar-refractivity contribution in [3.05, 3.63) is 46.3 Å². The smallest absolute Gasteiger partial charge is 0.223 e. The lowest BCUT2D eigenvalue weighted by molar-refractivity contribution is 0.627. The van der Waals surface area contributed by atoms with Gasteiger partial charge < -0.3 is 5.73 Å². The number of hydrogen-bond donors (Lipinski definition) is 1. The Morgan fingerprint density at radius 2 is 1.95 bits per heavy atom. The van der Waals surface area contributed by atoms with Crippen LogP contribution < -0.4 is 5.73 Å². The molecule has 0 aliphatic heterocycles. The first kappa shape index (κ1) is 13.7. The van der Waals surface area contributed by atoms with E-state index in [4.69, 9.17) is 17.3 Å². The van der Waals surface area contributed by atoms with Gasteiger partial charge in [-0.2, -0.15) is 9.97 Å². The molecule has 0 aliphatic carbocycles. The lowest BCUT2D eigenvalue weighted by Gasteiger charge is -2.06. The van der Waals surface area contributed by atoms with Gasteiger partial charge in [0.2, 0.25) is 5.95 Å². The van der Waals surface area contributed by atoms with E-state index in [0.717, 1.165) is 18.4 Å². The second-order valence-electron chi connectivity index (χ2n) is 4.19. The average Bonchev–Trinajstić information content (AvgIpc) is 2.32. The number of benzene rings is 1. The Hall–Kier alpha value is -1.75. The maximum absolute atomic E-state index is 13.0. The molecule has 0 spiro atoms. The van der Waals surface area contributed by atoms with Crippen LogP contribution in [0.5, 0.6) is 0 Å². The van der Waals surface area contributed by atoms with Crippen molar-refractivity contribution in [3.63, 3.8) is 0 Å². The second-order valence-corrected chi connectivity index (χ2v) is 4.60. The molecule has 0 saturated heterocycles. The van der Waals surface area contributed by atoms with E-state index in [2.05, 4.69) is 15.0 Å². The fraction of sp³-hybridized carbons (Fsp3) is 0.308. The van der Waals surface area contributed by atoms with Crippen LogP contribution >= 0.6 is 11.6 Å². The highest BCUT2D eigenvalue weighted by atomic mass is 35.5. The highest BCUT2D eigenvalue weighted by Gasteiger charge is 2.08. The standard InChI is InChI=1S/C13H14ClFN4/c1-2-3-11-17-12(19-13(16)18-11)6-8-4-5-9(15)7-10(8)14/h4-5,7H,2-3,6H2,1H3,(H2,16,17,18,19). The fourth-order valence-electron chi connectivity index (χ4n) is 1.74. The molecular weight excluding hydrogens is 267 g/mol. The molecule has 0 aliphatic rings. The first-order valence-corrected chi connectivity index (χ1v) is 6.39. The molecule has 2 rings (SSSR count). The number of aryl methyl sites for hydroxylation is 1. The minimum Gasteiger partial charge on any atom is -0.368 e. The summed E-state index contributed by atoms with van der Waals surface area (Å²) in [6.07, 6.45) is 2.08. The number of nitrogens with two attached hydrogens (primary N) is 1. The van der Waals surface area contributed by atoms with E-state index in [0.29, 0.717) is 23.1 Å². The van der Waals surface area contributed by atoms with Crippen LogP contribution in [0.4, 0.5) is 10.3 Å². The summed E-state index contributed by atoms with van der Waals surface area (Å²) in [7, 11) is 0. The van der Waals surface area contributed by atoms with E-state index in [9.17, 15) is 4.39 Å². The monoisotopic (exact) mass is 280 g/mol. The molecule has 19 heavy (non-hydrogen) atoms. The zero-order valence-electron chi connectivity index (χ0n) is 10.5. The van der Waals surface area contributed by atoms with Crippen molar-refractivity contribution in [1.29, 1.82) is 0 Å². The molecule has 0 unspecified atom stereocenters. The number of anilines is 1. The van der Waals surface area contributed by atoms with Gasteiger partial charge in [0.25, 0.3) is 0 Å². The molecule has 1 heterocycles. The largest absolute Gasteiger partial charge is 0.368 e. The van der Waals surface area contributed by atoms with Crippen molar-refractivity contribution < 1.29 is 4.39 Å². The normalized spacial score (nSPS) is 10.7. The molecule has 1 aromatic carbocycles. The number of nitrogen functional groups attached to an aromatic ring is 1. The Labute approximate surface area is 115 Å². The van der Waals surface area contributed by atoms with E-state index in [1.807, 2.05) is 6.92 Å². The van der Waals surface area contributed by atoms with Crippen molar-refractivity contribution in [3.8, 4) is 0 Å². The first-order valence-electron chi connectivity index (χ1n) is 6.01. The minimum atomic E-state index is -0.365. The van der Waals surface area contributed by atoms with E-state index >= 15 is 0 Å². The van der Waals surface area contributed by atoms with Crippen LogP contribution in [0.15, 0.2) is 18.2 Å². The van der Waals surface area contributed by atoms with Gasteiger partial charge in [0.1, 0.15) is 17.5 Å². The molecule has 0 radical (unpaired) electrons. The Morgan fingerprint density at radius 1 is 1.21 bits per heavy atom. The summed E-state index contributed by atoms with van der Waals surface area (Å²) >= 11 is 5.98. The first-order chi connectivity index (χ1) is 9.08. The van der Waals surface area contributed by atoms with Crippen molar-refractivity contribution in [2.75, 3.05) is 5.73 Å². The van der Waals surface area contributed by atoms with E-state index in [-0.39, 0.29) is 11.8 Å². The number of hydrogen-bond acceptors (Lipinski definition) is 4. The average molecular weight is 281 g/mol. The molecule has 2 aromatic rings. The molecule has 100 valence electrons. The number of aromatic nitrogens is 3. The highest BCUT2D eigenvalue weighted by molar-refractivity contribution is 6.31. The third kappa shape index (κ3) is 3.61. The van der Waals surface area contributed by atoms with Crippen molar-refractivity contribution in [1.82, 2.24) is 15.0 Å². The molecule has 1 aromatic heterocycles. The lowest BCUT2D eigenvalue weighted by atomic mass is 10.1. The van der Waals surface area contributed by atoms with Crippen LogP contribution in [0, 0.1) is 5.82 Å². The molecule has 2 N–H and O–H groups in total. The van der Waals surface area contributed by atoms with Gasteiger partial charge in [0, 0.05) is 17.9 Å².